The average Bonchev–Trinajstić information content (AvgIpc) is 3.86. The van der Waals surface area contributed by atoms with Gasteiger partial charge in [-0.3, -0.25) is 9.97 Å². The number of furan rings is 1. The SMILES string of the molecule is CC(C)(C)c1cccc(-c2ccccc2)c1-n1c(-c2[c-]ccc3c2oc2cc(-c4ccc(F)cc4)cnc23)nc2ccc(F)cc21.[2H]C(C)(C)c1c[c-]c(-c2ccc([Si](C)(C)C)cn2)cc1.[Ir]. The molecule has 10 rings (SSSR count). The van der Waals surface area contributed by atoms with E-state index in [1.807, 2.05) is 74.6 Å². The summed E-state index contributed by atoms with van der Waals surface area (Å²) in [4.78, 5) is 14.4. The second-order valence-electron chi connectivity index (χ2n) is 18.7. The molecule has 333 valence electrons. The normalized spacial score (nSPS) is 12.2. The van der Waals surface area contributed by atoms with Crippen molar-refractivity contribution in [2.75, 3.05) is 0 Å². The van der Waals surface area contributed by atoms with E-state index in [0.717, 1.165) is 55.7 Å². The Morgan fingerprint density at radius 2 is 1.50 bits per heavy atom. The van der Waals surface area contributed by atoms with Gasteiger partial charge in [0.2, 0.25) is 0 Å². The first-order valence-corrected chi connectivity index (χ1v) is 25.3. The number of fused-ring (bicyclic) bond motifs is 4. The molecule has 0 unspecified atom stereocenters. The minimum absolute atomic E-state index is 0. The number of nitrogens with zero attached hydrogens (tertiary/aromatic N) is 4. The molecular weight excluding hydrogens is 1010 g/mol. The molecule has 9 heteroatoms. The molecule has 0 fully saturated rings. The van der Waals surface area contributed by atoms with Crippen LogP contribution in [-0.2, 0) is 25.5 Å². The zero-order valence-electron chi connectivity index (χ0n) is 39.2. The number of para-hydroxylation sites is 1. The Hall–Kier alpha value is -6.38. The van der Waals surface area contributed by atoms with Crippen LogP contribution in [-0.4, -0.2) is 27.6 Å². The van der Waals surface area contributed by atoms with E-state index in [9.17, 15) is 8.78 Å². The molecule has 10 aromatic rings. The van der Waals surface area contributed by atoms with Gasteiger partial charge in [-0.25, -0.2) is 8.78 Å². The molecule has 0 spiro atoms. The summed E-state index contributed by atoms with van der Waals surface area (Å²) in [5.74, 6) is -0.645. The van der Waals surface area contributed by atoms with Crippen LogP contribution < -0.4 is 5.19 Å². The first-order chi connectivity index (χ1) is 31.4. The van der Waals surface area contributed by atoms with Crippen molar-refractivity contribution in [3.05, 3.63) is 187 Å². The minimum atomic E-state index is -1.29. The third kappa shape index (κ3) is 9.21. The van der Waals surface area contributed by atoms with Crippen LogP contribution in [0.3, 0.4) is 0 Å². The molecule has 0 N–H and O–H groups in total. The molecule has 0 bridgehead atoms. The summed E-state index contributed by atoms with van der Waals surface area (Å²) in [5, 5.41) is 2.18. The van der Waals surface area contributed by atoms with Crippen LogP contribution in [0.25, 0.3) is 83.7 Å². The maximum atomic E-state index is 15.0. The van der Waals surface area contributed by atoms with Crippen molar-refractivity contribution in [2.24, 2.45) is 0 Å². The van der Waals surface area contributed by atoms with E-state index in [-0.39, 0.29) is 37.2 Å². The molecule has 66 heavy (non-hydrogen) atoms. The van der Waals surface area contributed by atoms with E-state index in [2.05, 4.69) is 105 Å². The van der Waals surface area contributed by atoms with Crippen LogP contribution in [0.5, 0.6) is 0 Å². The number of rotatable bonds is 7. The van der Waals surface area contributed by atoms with Crippen molar-refractivity contribution >= 4 is 46.4 Å². The Kier molecular flexibility index (Phi) is 12.5. The van der Waals surface area contributed by atoms with Crippen molar-refractivity contribution in [2.45, 2.75) is 65.6 Å². The number of hydrogen-bond acceptors (Lipinski definition) is 4. The number of pyridine rings is 2. The van der Waals surface area contributed by atoms with Gasteiger partial charge in [-0.1, -0.05) is 139 Å². The second kappa shape index (κ2) is 18.5. The van der Waals surface area contributed by atoms with Gasteiger partial charge in [0.1, 0.15) is 17.2 Å². The second-order valence-corrected chi connectivity index (χ2v) is 23.7. The number of imidazole rings is 1. The molecule has 4 aromatic heterocycles. The van der Waals surface area contributed by atoms with Gasteiger partial charge in [-0.2, -0.15) is 0 Å². The van der Waals surface area contributed by atoms with Crippen LogP contribution in [0.1, 0.15) is 53.0 Å². The van der Waals surface area contributed by atoms with Crippen molar-refractivity contribution in [1.29, 1.82) is 0 Å². The van der Waals surface area contributed by atoms with Crippen LogP contribution in [0.2, 0.25) is 19.6 Å². The van der Waals surface area contributed by atoms with Crippen LogP contribution in [0.4, 0.5) is 8.78 Å². The Bertz CT molecular complexity index is 3310. The summed E-state index contributed by atoms with van der Waals surface area (Å²) in [5.41, 5.74) is 12.1. The zero-order chi connectivity index (χ0) is 46.5. The fourth-order valence-corrected chi connectivity index (χ4v) is 9.19. The van der Waals surface area contributed by atoms with Gasteiger partial charge < -0.3 is 14.0 Å². The predicted octanol–water partition coefficient (Wildman–Crippen LogP) is 14.9. The monoisotopic (exact) mass is 1070 g/mol. The van der Waals surface area contributed by atoms with Crippen LogP contribution in [0.15, 0.2) is 156 Å². The number of halogens is 2. The molecule has 6 aromatic carbocycles. The summed E-state index contributed by atoms with van der Waals surface area (Å²) in [6, 6.07) is 50.0. The Morgan fingerprint density at radius 3 is 2.17 bits per heavy atom. The molecule has 0 saturated carbocycles. The van der Waals surface area contributed by atoms with Crippen molar-refractivity contribution in [3.63, 3.8) is 0 Å². The molecule has 0 aliphatic carbocycles. The summed E-state index contributed by atoms with van der Waals surface area (Å²) < 4.78 is 45.2. The minimum Gasteiger partial charge on any atom is -0.499 e. The first kappa shape index (κ1) is 44.8. The van der Waals surface area contributed by atoms with Crippen LogP contribution in [0, 0.1) is 23.8 Å². The summed E-state index contributed by atoms with van der Waals surface area (Å²) in [6.45, 7) is 17.3. The molecule has 0 aliphatic heterocycles. The van der Waals surface area contributed by atoms with Crippen LogP contribution >= 0.6 is 0 Å². The topological polar surface area (TPSA) is 56.7 Å². The maximum Gasteiger partial charge on any atom is 0.139 e. The van der Waals surface area contributed by atoms with E-state index < -0.39 is 14.0 Å². The van der Waals surface area contributed by atoms with E-state index in [0.29, 0.717) is 39.1 Å². The zero-order valence-corrected chi connectivity index (χ0v) is 41.6. The van der Waals surface area contributed by atoms with Gasteiger partial charge in [0.25, 0.3) is 0 Å². The van der Waals surface area contributed by atoms with Crippen molar-refractivity contribution in [1.82, 2.24) is 19.5 Å². The molecule has 0 amide bonds. The largest absolute Gasteiger partial charge is 0.499 e. The van der Waals surface area contributed by atoms with E-state index in [1.165, 1.54) is 29.5 Å². The van der Waals surface area contributed by atoms with Gasteiger partial charge in [0.05, 0.1) is 41.7 Å². The molecule has 0 aliphatic rings. The third-order valence-corrected chi connectivity index (χ3v) is 13.8. The Balaban J connectivity index is 0.000000244. The molecular formula is C57H50F2IrN4OSi-2. The first-order valence-electron chi connectivity index (χ1n) is 22.3. The van der Waals surface area contributed by atoms with Gasteiger partial charge in [0.15, 0.2) is 0 Å². The summed E-state index contributed by atoms with van der Waals surface area (Å²) in [6.07, 6.45) is 3.77. The fraction of sp³-hybridized carbons (Fsp3) is 0.175. The third-order valence-electron chi connectivity index (χ3n) is 11.7. The van der Waals surface area contributed by atoms with Gasteiger partial charge >= 0.3 is 0 Å². The number of benzene rings is 6. The predicted molar refractivity (Wildman–Crippen MR) is 265 cm³/mol. The van der Waals surface area contributed by atoms with Crippen molar-refractivity contribution in [3.8, 4) is 50.6 Å². The van der Waals surface area contributed by atoms with Gasteiger partial charge in [-0.15, -0.1) is 53.6 Å². The molecule has 0 saturated heterocycles. The van der Waals surface area contributed by atoms with Crippen molar-refractivity contribution < 1.29 is 34.7 Å². The molecule has 0 atom stereocenters. The maximum absolute atomic E-state index is 15.0. The fourth-order valence-electron chi connectivity index (χ4n) is 8.15. The standard InChI is InChI=1S/C40H28F2N3O.C17H22NSi.Ir/c1-40(2,3)32-14-8-11-29(25-9-5-4-6-10-25)37(32)45-34-22-28(42)19-20-33(34)44-39(45)31-13-7-12-30-36-35(46-38(30)31)21-26(23-43-36)24-15-17-27(41)18-16-24;1-13(2)14-6-8-15(9-7-14)17-11-10-16(12-18-17)19(3,4)5;/h4-12,14-23H,1-3H3;6-8,10-13H,1-5H3;/q2*-1;/i;13D;. The average molecular weight is 1070 g/mol. The molecule has 1 radical (unpaired) electrons. The van der Waals surface area contributed by atoms with E-state index in [1.54, 1.807) is 24.4 Å². The molecule has 5 nitrogen and oxygen atoms in total. The van der Waals surface area contributed by atoms with E-state index >= 15 is 0 Å². The summed E-state index contributed by atoms with van der Waals surface area (Å²) >= 11 is 0. The number of aromatic nitrogens is 4. The quantitative estimate of drug-likeness (QED) is 0.118. The Morgan fingerprint density at radius 1 is 0.742 bits per heavy atom. The smallest absolute Gasteiger partial charge is 0.139 e. The summed E-state index contributed by atoms with van der Waals surface area (Å²) in [7, 11) is -1.29. The van der Waals surface area contributed by atoms with Gasteiger partial charge in [0, 0.05) is 45.0 Å². The number of hydrogen-bond donors (Lipinski definition) is 0. The van der Waals surface area contributed by atoms with E-state index in [4.69, 9.17) is 15.8 Å². The Labute approximate surface area is 401 Å². The van der Waals surface area contributed by atoms with Gasteiger partial charge in [-0.05, 0) is 74.8 Å². The molecule has 4 heterocycles.